The lowest BCUT2D eigenvalue weighted by Crippen LogP contribution is -2.33. The predicted molar refractivity (Wildman–Crippen MR) is 68.6 cm³/mol. The molecule has 2 aromatic rings. The highest BCUT2D eigenvalue weighted by atomic mass is 19.1. The van der Waals surface area contributed by atoms with Crippen molar-refractivity contribution >= 4 is 12.6 Å². The van der Waals surface area contributed by atoms with E-state index >= 15 is 0 Å². The number of nitrogens with zero attached hydrogens (tertiary/aromatic N) is 2. The van der Waals surface area contributed by atoms with Gasteiger partial charge in [-0.25, -0.2) is 9.37 Å². The number of aromatic nitrogens is 2. The minimum atomic E-state index is -1.88. The minimum Gasteiger partial charge on any atom is -0.423 e. The molecule has 0 saturated carbocycles. The zero-order chi connectivity index (χ0) is 14.0. The van der Waals surface area contributed by atoms with Crippen LogP contribution < -0.4 is 11.0 Å². The Balaban J connectivity index is 2.33. The topological polar surface area (TPSA) is 75.4 Å². The summed E-state index contributed by atoms with van der Waals surface area (Å²) in [6, 6.07) is 5.32. The summed E-state index contributed by atoms with van der Waals surface area (Å²) in [5, 5.41) is 18.0. The van der Waals surface area contributed by atoms with Crippen LogP contribution in [0, 0.1) is 12.7 Å². The van der Waals surface area contributed by atoms with Gasteiger partial charge in [0.1, 0.15) is 5.82 Å². The molecule has 5 nitrogen and oxygen atoms in total. The van der Waals surface area contributed by atoms with Crippen molar-refractivity contribution in [2.75, 3.05) is 0 Å². The van der Waals surface area contributed by atoms with Crippen LogP contribution in [-0.2, 0) is 6.54 Å². The van der Waals surface area contributed by atoms with Crippen molar-refractivity contribution in [2.24, 2.45) is 0 Å². The van der Waals surface area contributed by atoms with Crippen LogP contribution in [0.25, 0.3) is 0 Å². The van der Waals surface area contributed by atoms with E-state index < -0.39 is 12.9 Å². The largest absolute Gasteiger partial charge is 0.491 e. The lowest BCUT2D eigenvalue weighted by atomic mass is 9.79. The fourth-order valence-electron chi connectivity index (χ4n) is 1.72. The maximum Gasteiger partial charge on any atom is 0.491 e. The van der Waals surface area contributed by atoms with Crippen LogP contribution in [0.5, 0.6) is 0 Å². The van der Waals surface area contributed by atoms with Crippen LogP contribution in [0.4, 0.5) is 4.39 Å². The van der Waals surface area contributed by atoms with Crippen LogP contribution in [0.15, 0.2) is 35.4 Å². The van der Waals surface area contributed by atoms with E-state index in [1.165, 1.54) is 29.1 Å². The molecule has 1 aromatic heterocycles. The molecule has 0 bridgehead atoms. The lowest BCUT2D eigenvalue weighted by Gasteiger charge is -2.08. The minimum absolute atomic E-state index is 0.187. The molecule has 1 aromatic carbocycles. The first-order valence-corrected chi connectivity index (χ1v) is 5.65. The zero-order valence-corrected chi connectivity index (χ0v) is 10.2. The number of halogens is 1. The molecule has 0 aliphatic rings. The summed E-state index contributed by atoms with van der Waals surface area (Å²) in [6.45, 7) is 1.90. The van der Waals surface area contributed by atoms with Gasteiger partial charge in [0.2, 0.25) is 0 Å². The molecule has 0 atom stereocenters. The van der Waals surface area contributed by atoms with E-state index in [4.69, 9.17) is 10.0 Å². The molecule has 0 amide bonds. The number of rotatable bonds is 3. The molecule has 2 rings (SSSR count). The van der Waals surface area contributed by atoms with E-state index in [9.17, 15) is 9.18 Å². The average molecular weight is 262 g/mol. The van der Waals surface area contributed by atoms with E-state index in [-0.39, 0.29) is 17.6 Å². The van der Waals surface area contributed by atoms with Crippen LogP contribution in [0.3, 0.4) is 0 Å². The van der Waals surface area contributed by atoms with Gasteiger partial charge in [-0.2, -0.15) is 0 Å². The third-order valence-electron chi connectivity index (χ3n) is 2.71. The van der Waals surface area contributed by atoms with Crippen molar-refractivity contribution in [2.45, 2.75) is 13.5 Å². The van der Waals surface area contributed by atoms with Crippen molar-refractivity contribution in [3.63, 3.8) is 0 Å². The highest BCUT2D eigenvalue weighted by Gasteiger charge is 2.16. The highest BCUT2D eigenvalue weighted by molar-refractivity contribution is 6.58. The van der Waals surface area contributed by atoms with Crippen LogP contribution in [-0.4, -0.2) is 26.7 Å². The second-order valence-corrected chi connectivity index (χ2v) is 4.23. The number of aryl methyl sites for hydroxylation is 1. The Morgan fingerprint density at radius 2 is 2.11 bits per heavy atom. The summed E-state index contributed by atoms with van der Waals surface area (Å²) >= 11 is 0. The zero-order valence-electron chi connectivity index (χ0n) is 10.2. The van der Waals surface area contributed by atoms with E-state index in [0.717, 1.165) is 6.07 Å². The van der Waals surface area contributed by atoms with Gasteiger partial charge < -0.3 is 10.0 Å². The quantitative estimate of drug-likeness (QED) is 0.725. The normalized spacial score (nSPS) is 10.5. The van der Waals surface area contributed by atoms with E-state index in [1.807, 2.05) is 0 Å². The highest BCUT2D eigenvalue weighted by Crippen LogP contribution is 2.03. The maximum absolute atomic E-state index is 13.3. The SMILES string of the molecule is Cc1cc(=O)n(Cc2ccc(F)c(B(O)O)c2)cn1. The summed E-state index contributed by atoms with van der Waals surface area (Å²) in [4.78, 5) is 15.7. The molecular formula is C12H12BFN2O3. The first-order valence-electron chi connectivity index (χ1n) is 5.65. The first kappa shape index (κ1) is 13.4. The van der Waals surface area contributed by atoms with Crippen molar-refractivity contribution in [3.8, 4) is 0 Å². The van der Waals surface area contributed by atoms with Gasteiger partial charge in [0, 0.05) is 17.2 Å². The summed E-state index contributed by atoms with van der Waals surface area (Å²) in [5.41, 5.74) is 0.762. The fraction of sp³-hybridized carbons (Fsp3) is 0.167. The smallest absolute Gasteiger partial charge is 0.423 e. The molecule has 0 saturated heterocycles. The van der Waals surface area contributed by atoms with Crippen LogP contribution in [0.2, 0.25) is 0 Å². The number of hydrogen-bond donors (Lipinski definition) is 2. The Morgan fingerprint density at radius 3 is 2.74 bits per heavy atom. The van der Waals surface area contributed by atoms with Gasteiger partial charge in [0.15, 0.2) is 0 Å². The molecule has 0 unspecified atom stereocenters. The van der Waals surface area contributed by atoms with Crippen molar-refractivity contribution in [3.05, 3.63) is 58.0 Å². The van der Waals surface area contributed by atoms with Gasteiger partial charge in [-0.3, -0.25) is 9.36 Å². The predicted octanol–water partition coefficient (Wildman–Crippen LogP) is -0.581. The van der Waals surface area contributed by atoms with E-state index in [0.29, 0.717) is 11.3 Å². The van der Waals surface area contributed by atoms with Gasteiger partial charge >= 0.3 is 7.12 Å². The molecule has 0 aliphatic carbocycles. The Morgan fingerprint density at radius 1 is 1.37 bits per heavy atom. The third kappa shape index (κ3) is 3.07. The number of benzene rings is 1. The second kappa shape index (κ2) is 5.33. The van der Waals surface area contributed by atoms with Crippen LogP contribution in [0.1, 0.15) is 11.3 Å². The van der Waals surface area contributed by atoms with E-state index in [2.05, 4.69) is 4.98 Å². The Labute approximate surface area is 109 Å². The molecular weight excluding hydrogens is 250 g/mol. The summed E-state index contributed by atoms with van der Waals surface area (Å²) in [7, 11) is -1.88. The summed E-state index contributed by atoms with van der Waals surface area (Å²) < 4.78 is 14.6. The Hall–Kier alpha value is -1.99. The molecule has 7 heteroatoms. The number of hydrogen-bond acceptors (Lipinski definition) is 4. The van der Waals surface area contributed by atoms with Crippen molar-refractivity contribution in [1.29, 1.82) is 0 Å². The molecule has 2 N–H and O–H groups in total. The summed E-state index contributed by atoms with van der Waals surface area (Å²) in [6.07, 6.45) is 1.40. The van der Waals surface area contributed by atoms with Crippen molar-refractivity contribution in [1.82, 2.24) is 9.55 Å². The molecule has 0 fully saturated rings. The van der Waals surface area contributed by atoms with Gasteiger partial charge in [0.05, 0.1) is 12.9 Å². The fourth-order valence-corrected chi connectivity index (χ4v) is 1.72. The average Bonchev–Trinajstić information content (AvgIpc) is 2.34. The molecule has 0 spiro atoms. The molecule has 0 aliphatic heterocycles. The molecule has 98 valence electrons. The Bertz CT molecular complexity index is 658. The van der Waals surface area contributed by atoms with Gasteiger partial charge in [-0.15, -0.1) is 0 Å². The van der Waals surface area contributed by atoms with E-state index in [1.54, 1.807) is 6.92 Å². The van der Waals surface area contributed by atoms with Gasteiger partial charge in [0.25, 0.3) is 5.56 Å². The summed E-state index contributed by atoms with van der Waals surface area (Å²) in [5.74, 6) is -0.701. The lowest BCUT2D eigenvalue weighted by molar-refractivity contribution is 0.423. The monoisotopic (exact) mass is 262 g/mol. The first-order chi connectivity index (χ1) is 8.97. The maximum atomic E-state index is 13.3. The third-order valence-corrected chi connectivity index (χ3v) is 2.71. The molecule has 0 radical (unpaired) electrons. The second-order valence-electron chi connectivity index (χ2n) is 4.23. The molecule has 19 heavy (non-hydrogen) atoms. The van der Waals surface area contributed by atoms with Gasteiger partial charge in [-0.05, 0) is 18.6 Å². The van der Waals surface area contributed by atoms with Crippen LogP contribution >= 0.6 is 0 Å². The molecule has 1 heterocycles. The van der Waals surface area contributed by atoms with Gasteiger partial charge in [-0.1, -0.05) is 12.1 Å². The standard InChI is InChI=1S/C12H12BFN2O3/c1-8-4-12(17)16(7-15-8)6-9-2-3-11(14)10(5-9)13(18)19/h2-5,7,18-19H,6H2,1H3. The Kier molecular flexibility index (Phi) is 3.78. The van der Waals surface area contributed by atoms with Crippen molar-refractivity contribution < 1.29 is 14.4 Å².